The number of rotatable bonds is 10. The molecular formula is C24H37Cl2NO6. The van der Waals surface area contributed by atoms with Crippen molar-refractivity contribution in [3.05, 3.63) is 23.8 Å². The summed E-state index contributed by atoms with van der Waals surface area (Å²) in [4.78, 5) is 24.6. The first-order chi connectivity index (χ1) is 15.6. The molecule has 1 aliphatic carbocycles. The van der Waals surface area contributed by atoms with E-state index in [1.807, 2.05) is 6.92 Å². The Balaban J connectivity index is 2.00. The standard InChI is InChI=1S/C24H37Cl2NO6/c1-5-6-7-8-9-14(2)12-15(3)10-11-17(28)27-16-13-24(33-23(16)32-4)21(30)18(25)20(29)19(26)22(24)31/h10-12,14,16,18-19,21-23,30-31H,5-9,13H2,1-4H3,(H,27,28)/b11-10+,15-12+/t14?,16-,18-,19+,21+,22+,23+,24?/m0/s1. The van der Waals surface area contributed by atoms with E-state index in [9.17, 15) is 19.8 Å². The van der Waals surface area contributed by atoms with Gasteiger partial charge >= 0.3 is 0 Å². The van der Waals surface area contributed by atoms with Crippen molar-refractivity contribution in [1.29, 1.82) is 0 Å². The number of alkyl halides is 2. The van der Waals surface area contributed by atoms with Gasteiger partial charge in [0, 0.05) is 19.6 Å². The molecule has 0 radical (unpaired) electrons. The zero-order valence-electron chi connectivity index (χ0n) is 19.8. The number of nitrogens with one attached hydrogen (secondary N) is 1. The number of ketones is 1. The van der Waals surface area contributed by atoms with E-state index in [1.165, 1.54) is 38.9 Å². The van der Waals surface area contributed by atoms with Gasteiger partial charge in [0.05, 0.1) is 6.04 Å². The lowest BCUT2D eigenvalue weighted by Crippen LogP contribution is -2.67. The largest absolute Gasteiger partial charge is 0.388 e. The third-order valence-electron chi connectivity index (χ3n) is 6.42. The van der Waals surface area contributed by atoms with E-state index in [4.69, 9.17) is 32.7 Å². The zero-order chi connectivity index (χ0) is 24.8. The highest BCUT2D eigenvalue weighted by Gasteiger charge is 2.64. The number of carbonyl (C=O) groups is 2. The van der Waals surface area contributed by atoms with Gasteiger partial charge in [-0.3, -0.25) is 9.59 Å². The number of aliphatic hydroxyl groups excluding tert-OH is 2. The van der Waals surface area contributed by atoms with E-state index in [0.717, 1.165) is 12.0 Å². The van der Waals surface area contributed by atoms with Gasteiger partial charge in [0.1, 0.15) is 28.6 Å². The molecule has 1 spiro atoms. The molecule has 2 aliphatic rings. The number of aliphatic hydroxyl groups is 2. The zero-order valence-corrected chi connectivity index (χ0v) is 21.3. The van der Waals surface area contributed by atoms with Crippen LogP contribution in [0, 0.1) is 5.92 Å². The summed E-state index contributed by atoms with van der Waals surface area (Å²) >= 11 is 12.1. The summed E-state index contributed by atoms with van der Waals surface area (Å²) in [6.45, 7) is 6.31. The van der Waals surface area contributed by atoms with Crippen molar-refractivity contribution in [3.63, 3.8) is 0 Å². The average molecular weight is 506 g/mol. The quantitative estimate of drug-likeness (QED) is 0.182. The van der Waals surface area contributed by atoms with E-state index in [0.29, 0.717) is 5.92 Å². The van der Waals surface area contributed by atoms with E-state index in [-0.39, 0.29) is 12.3 Å². The molecule has 0 aromatic carbocycles. The Kier molecular flexibility index (Phi) is 10.8. The Morgan fingerprint density at radius 2 is 1.88 bits per heavy atom. The molecule has 8 atom stereocenters. The number of carbonyl (C=O) groups excluding carboxylic acids is 2. The van der Waals surface area contributed by atoms with Crippen LogP contribution in [0.3, 0.4) is 0 Å². The number of halogens is 2. The van der Waals surface area contributed by atoms with Crippen LogP contribution in [0.4, 0.5) is 0 Å². The van der Waals surface area contributed by atoms with Crippen LogP contribution in [0.15, 0.2) is 23.8 Å². The minimum atomic E-state index is -1.63. The second kappa shape index (κ2) is 12.7. The van der Waals surface area contributed by atoms with Crippen LogP contribution in [-0.2, 0) is 19.1 Å². The number of amides is 1. The fourth-order valence-corrected chi connectivity index (χ4v) is 5.31. The molecular weight excluding hydrogens is 469 g/mol. The molecule has 1 heterocycles. The van der Waals surface area contributed by atoms with Crippen LogP contribution in [-0.4, -0.2) is 69.9 Å². The van der Waals surface area contributed by atoms with E-state index < -0.39 is 46.7 Å². The molecule has 2 rings (SSSR count). The van der Waals surface area contributed by atoms with Gasteiger partial charge in [-0.25, -0.2) is 0 Å². The summed E-state index contributed by atoms with van der Waals surface area (Å²) in [5.41, 5.74) is -0.639. The van der Waals surface area contributed by atoms with Gasteiger partial charge in [0.2, 0.25) is 5.91 Å². The number of Topliss-reactive ketones (excluding diaryl/α,β-unsaturated/α-hetero) is 1. The minimum absolute atomic E-state index is 0.0171. The van der Waals surface area contributed by atoms with E-state index in [1.54, 1.807) is 6.08 Å². The fourth-order valence-electron chi connectivity index (χ4n) is 4.55. The van der Waals surface area contributed by atoms with Crippen molar-refractivity contribution >= 4 is 34.9 Å². The van der Waals surface area contributed by atoms with E-state index >= 15 is 0 Å². The van der Waals surface area contributed by atoms with Gasteiger partial charge in [0.25, 0.3) is 0 Å². The van der Waals surface area contributed by atoms with Crippen molar-refractivity contribution in [2.24, 2.45) is 5.92 Å². The highest BCUT2D eigenvalue weighted by atomic mass is 35.5. The van der Waals surface area contributed by atoms with Crippen LogP contribution < -0.4 is 5.32 Å². The Morgan fingerprint density at radius 1 is 1.24 bits per heavy atom. The van der Waals surface area contributed by atoms with Crippen LogP contribution in [0.5, 0.6) is 0 Å². The lowest BCUT2D eigenvalue weighted by molar-refractivity contribution is -0.231. The highest BCUT2D eigenvalue weighted by Crippen LogP contribution is 2.44. The molecule has 1 saturated heterocycles. The van der Waals surface area contributed by atoms with Crippen LogP contribution >= 0.6 is 23.2 Å². The number of unbranched alkanes of at least 4 members (excludes halogenated alkanes) is 3. The molecule has 1 aliphatic heterocycles. The molecule has 1 saturated carbocycles. The summed E-state index contributed by atoms with van der Waals surface area (Å²) in [5, 5.41) is 21.4. The first kappa shape index (κ1) is 28.3. The van der Waals surface area contributed by atoms with Crippen molar-refractivity contribution in [2.45, 2.75) is 100 Å². The maximum Gasteiger partial charge on any atom is 0.244 e. The number of methoxy groups -OCH3 is 1. The van der Waals surface area contributed by atoms with Crippen LogP contribution in [0.1, 0.15) is 59.3 Å². The molecule has 9 heteroatoms. The smallest absolute Gasteiger partial charge is 0.244 e. The second-order valence-electron chi connectivity index (χ2n) is 9.16. The third kappa shape index (κ3) is 6.80. The summed E-state index contributed by atoms with van der Waals surface area (Å²) < 4.78 is 11.1. The first-order valence-electron chi connectivity index (χ1n) is 11.6. The summed E-state index contributed by atoms with van der Waals surface area (Å²) in [6.07, 6.45) is 7.37. The normalized spacial score (nSPS) is 36.0. The monoisotopic (exact) mass is 505 g/mol. The molecule has 3 N–H and O–H groups in total. The van der Waals surface area contributed by atoms with Gasteiger partial charge in [0.15, 0.2) is 12.1 Å². The Hall–Kier alpha value is -0.960. The third-order valence-corrected chi connectivity index (χ3v) is 7.33. The number of allylic oxidation sites excluding steroid dienone is 3. The van der Waals surface area contributed by atoms with Gasteiger partial charge in [-0.15, -0.1) is 23.2 Å². The molecule has 0 bridgehead atoms. The van der Waals surface area contributed by atoms with Crippen LogP contribution in [0.2, 0.25) is 0 Å². The summed E-state index contributed by atoms with van der Waals surface area (Å²) in [6, 6.07) is -0.681. The SMILES string of the molecule is CCCCCCC(C)/C=C(C)/C=C/C(=O)N[C@H]1CC2(O[C@H]1OC)[C@H](O)[C@H](Cl)C(=O)[C@H](Cl)[C@H]2O. The molecule has 0 aromatic rings. The fraction of sp³-hybridized carbons (Fsp3) is 0.750. The van der Waals surface area contributed by atoms with Crippen molar-refractivity contribution < 1.29 is 29.3 Å². The molecule has 1 amide bonds. The molecule has 33 heavy (non-hydrogen) atoms. The molecule has 0 aromatic heterocycles. The average Bonchev–Trinajstić information content (AvgIpc) is 3.16. The lowest BCUT2D eigenvalue weighted by atomic mass is 9.76. The topological polar surface area (TPSA) is 105 Å². The minimum Gasteiger partial charge on any atom is -0.388 e. The molecule has 188 valence electrons. The molecule has 2 fully saturated rings. The summed E-state index contributed by atoms with van der Waals surface area (Å²) in [7, 11) is 1.39. The predicted octanol–water partition coefficient (Wildman–Crippen LogP) is 3.23. The van der Waals surface area contributed by atoms with Gasteiger partial charge in [-0.05, 0) is 19.3 Å². The van der Waals surface area contributed by atoms with Crippen molar-refractivity contribution in [2.75, 3.05) is 7.11 Å². The number of hydrogen-bond acceptors (Lipinski definition) is 6. The maximum absolute atomic E-state index is 12.5. The maximum atomic E-state index is 12.5. The Morgan fingerprint density at radius 3 is 2.45 bits per heavy atom. The van der Waals surface area contributed by atoms with Crippen LogP contribution in [0.25, 0.3) is 0 Å². The Bertz CT molecular complexity index is 724. The number of ether oxygens (including phenoxy) is 2. The van der Waals surface area contributed by atoms with Crippen molar-refractivity contribution in [3.8, 4) is 0 Å². The first-order valence-corrected chi connectivity index (χ1v) is 12.5. The number of hydrogen-bond donors (Lipinski definition) is 3. The van der Waals surface area contributed by atoms with Crippen molar-refractivity contribution in [1.82, 2.24) is 5.32 Å². The van der Waals surface area contributed by atoms with Gasteiger partial charge in [-0.1, -0.05) is 57.3 Å². The molecule has 7 nitrogen and oxygen atoms in total. The molecule has 2 unspecified atom stereocenters. The second-order valence-corrected chi connectivity index (χ2v) is 10.1. The predicted molar refractivity (Wildman–Crippen MR) is 128 cm³/mol. The lowest BCUT2D eigenvalue weighted by Gasteiger charge is -2.44. The highest BCUT2D eigenvalue weighted by molar-refractivity contribution is 6.41. The van der Waals surface area contributed by atoms with Gasteiger partial charge < -0.3 is 25.0 Å². The van der Waals surface area contributed by atoms with E-state index in [2.05, 4.69) is 25.2 Å². The Labute approximate surface area is 206 Å². The van der Waals surface area contributed by atoms with Gasteiger partial charge in [-0.2, -0.15) is 0 Å². The summed E-state index contributed by atoms with van der Waals surface area (Å²) in [5.74, 6) is -0.606.